The molecule has 0 bridgehead atoms. The number of hydrogen-bond acceptors (Lipinski definition) is 4. The number of alkyl halides is 3. The molecular weight excluding hydrogens is 283 g/mol. The topological polar surface area (TPSA) is 71.1 Å². The van der Waals surface area contributed by atoms with Gasteiger partial charge in [0, 0.05) is 13.2 Å². The minimum Gasteiger partial charge on any atom is -0.373 e. The zero-order valence-corrected chi connectivity index (χ0v) is 10.8. The minimum atomic E-state index is -4.58. The molecule has 0 aliphatic heterocycles. The van der Waals surface area contributed by atoms with Crippen LogP contribution in [0.3, 0.4) is 0 Å². The van der Waals surface area contributed by atoms with Gasteiger partial charge in [-0.1, -0.05) is 0 Å². The summed E-state index contributed by atoms with van der Waals surface area (Å²) in [5.41, 5.74) is -2.31. The van der Waals surface area contributed by atoms with E-state index in [0.29, 0.717) is 5.82 Å². The number of anilines is 1. The van der Waals surface area contributed by atoms with Gasteiger partial charge in [0.25, 0.3) is 0 Å². The van der Waals surface area contributed by atoms with Crippen molar-refractivity contribution in [3.8, 4) is 0 Å². The molecular formula is C10H12F3N3O2S. The molecule has 0 aromatic carbocycles. The van der Waals surface area contributed by atoms with E-state index in [1.165, 1.54) is 12.1 Å². The summed E-state index contributed by atoms with van der Waals surface area (Å²) in [4.78, 5) is 3.47. The third-order valence-electron chi connectivity index (χ3n) is 2.93. The van der Waals surface area contributed by atoms with Crippen LogP contribution < -0.4 is 10.0 Å². The second-order valence-electron chi connectivity index (χ2n) is 4.31. The standard InChI is InChI=1S/C10H12F3N3O2S/c1-14-8-3-2-7(6-15-8)19(17,18)16-9(4-5-9)10(11,12)13/h2-3,6,16H,4-5H2,1H3,(H,14,15). The van der Waals surface area contributed by atoms with E-state index in [0.717, 1.165) is 6.20 Å². The largest absolute Gasteiger partial charge is 0.407 e. The zero-order chi connectivity index (χ0) is 14.3. The Bertz CT molecular complexity index is 565. The number of rotatable bonds is 4. The van der Waals surface area contributed by atoms with Gasteiger partial charge in [-0.05, 0) is 25.0 Å². The maximum atomic E-state index is 12.7. The van der Waals surface area contributed by atoms with Crippen LogP contribution in [-0.2, 0) is 10.0 Å². The lowest BCUT2D eigenvalue weighted by Crippen LogP contribution is -2.47. The molecule has 1 saturated carbocycles. The molecule has 1 heterocycles. The van der Waals surface area contributed by atoms with Crippen molar-refractivity contribution in [3.63, 3.8) is 0 Å². The molecule has 2 N–H and O–H groups in total. The van der Waals surface area contributed by atoms with Crippen LogP contribution in [0, 0.1) is 0 Å². The molecule has 5 nitrogen and oxygen atoms in total. The van der Waals surface area contributed by atoms with Crippen molar-refractivity contribution in [2.24, 2.45) is 0 Å². The molecule has 19 heavy (non-hydrogen) atoms. The van der Waals surface area contributed by atoms with Crippen molar-refractivity contribution in [3.05, 3.63) is 18.3 Å². The highest BCUT2D eigenvalue weighted by atomic mass is 32.2. The van der Waals surface area contributed by atoms with Gasteiger partial charge in [-0.25, -0.2) is 13.4 Å². The molecule has 0 radical (unpaired) electrons. The van der Waals surface area contributed by atoms with Crippen LogP contribution in [0.4, 0.5) is 19.0 Å². The monoisotopic (exact) mass is 295 g/mol. The number of nitrogens with one attached hydrogen (secondary N) is 2. The predicted octanol–water partition coefficient (Wildman–Crippen LogP) is 1.50. The highest BCUT2D eigenvalue weighted by Gasteiger charge is 2.65. The Morgan fingerprint density at radius 1 is 1.32 bits per heavy atom. The highest BCUT2D eigenvalue weighted by molar-refractivity contribution is 7.89. The van der Waals surface area contributed by atoms with Gasteiger partial charge in [-0.2, -0.15) is 17.9 Å². The predicted molar refractivity (Wildman–Crippen MR) is 62.1 cm³/mol. The molecule has 1 aromatic heterocycles. The molecule has 2 rings (SSSR count). The smallest absolute Gasteiger partial charge is 0.373 e. The van der Waals surface area contributed by atoms with Crippen LogP contribution in [0.2, 0.25) is 0 Å². The van der Waals surface area contributed by atoms with Gasteiger partial charge in [0.05, 0.1) is 0 Å². The summed E-state index contributed by atoms with van der Waals surface area (Å²) in [6, 6.07) is 2.58. The van der Waals surface area contributed by atoms with Gasteiger partial charge in [0.2, 0.25) is 10.0 Å². The Balaban J connectivity index is 2.23. The first kappa shape index (κ1) is 14.1. The summed E-state index contributed by atoms with van der Waals surface area (Å²) in [6.07, 6.45) is -4.05. The maximum Gasteiger partial charge on any atom is 0.407 e. The normalized spacial score (nSPS) is 18.1. The van der Waals surface area contributed by atoms with E-state index in [1.54, 1.807) is 11.8 Å². The van der Waals surface area contributed by atoms with E-state index in [-0.39, 0.29) is 17.7 Å². The second-order valence-corrected chi connectivity index (χ2v) is 6.00. The van der Waals surface area contributed by atoms with E-state index in [2.05, 4.69) is 10.3 Å². The van der Waals surface area contributed by atoms with Crippen LogP contribution in [0.5, 0.6) is 0 Å². The van der Waals surface area contributed by atoms with Crippen molar-refractivity contribution < 1.29 is 21.6 Å². The lowest BCUT2D eigenvalue weighted by atomic mass is 10.3. The molecule has 1 fully saturated rings. The second kappa shape index (κ2) is 4.34. The van der Waals surface area contributed by atoms with Crippen LogP contribution in [0.15, 0.2) is 23.2 Å². The molecule has 0 saturated heterocycles. The van der Waals surface area contributed by atoms with Crippen LogP contribution >= 0.6 is 0 Å². The summed E-state index contributed by atoms with van der Waals surface area (Å²) < 4.78 is 63.6. The number of pyridine rings is 1. The maximum absolute atomic E-state index is 12.7. The first-order chi connectivity index (χ1) is 8.70. The third kappa shape index (κ3) is 2.66. The summed E-state index contributed by atoms with van der Waals surface area (Å²) >= 11 is 0. The van der Waals surface area contributed by atoms with Crippen LogP contribution in [0.1, 0.15) is 12.8 Å². The summed E-state index contributed by atoms with van der Waals surface area (Å²) in [6.45, 7) is 0. The fraction of sp³-hybridized carbons (Fsp3) is 0.500. The Morgan fingerprint density at radius 3 is 2.32 bits per heavy atom. The average Bonchev–Trinajstić information content (AvgIpc) is 3.09. The van der Waals surface area contributed by atoms with Gasteiger partial charge in [-0.3, -0.25) is 0 Å². The SMILES string of the molecule is CNc1ccc(S(=O)(=O)NC2(C(F)(F)F)CC2)cn1. The number of nitrogens with zero attached hydrogens (tertiary/aromatic N) is 1. The minimum absolute atomic E-state index is 0.238. The molecule has 1 aliphatic carbocycles. The van der Waals surface area contributed by atoms with Gasteiger partial charge < -0.3 is 5.32 Å². The van der Waals surface area contributed by atoms with Crippen molar-refractivity contribution >= 4 is 15.8 Å². The fourth-order valence-corrected chi connectivity index (χ4v) is 2.96. The summed E-state index contributed by atoms with van der Waals surface area (Å²) in [5.74, 6) is 0.427. The molecule has 0 unspecified atom stereocenters. The Labute approximate surface area is 108 Å². The molecule has 0 amide bonds. The van der Waals surface area contributed by atoms with E-state index < -0.39 is 21.7 Å². The van der Waals surface area contributed by atoms with E-state index >= 15 is 0 Å². The van der Waals surface area contributed by atoms with Crippen molar-refractivity contribution in [1.82, 2.24) is 9.71 Å². The Kier molecular flexibility index (Phi) is 3.21. The van der Waals surface area contributed by atoms with E-state index in [1.807, 2.05) is 0 Å². The van der Waals surface area contributed by atoms with Crippen molar-refractivity contribution in [2.75, 3.05) is 12.4 Å². The zero-order valence-electron chi connectivity index (χ0n) is 9.95. The number of halogens is 3. The molecule has 1 aliphatic rings. The third-order valence-corrected chi connectivity index (χ3v) is 4.45. The highest BCUT2D eigenvalue weighted by Crippen LogP contribution is 2.49. The fourth-order valence-electron chi connectivity index (χ4n) is 1.57. The average molecular weight is 295 g/mol. The number of sulfonamides is 1. The molecule has 0 spiro atoms. The number of aromatic nitrogens is 1. The Morgan fingerprint density at radius 2 is 1.95 bits per heavy atom. The van der Waals surface area contributed by atoms with Gasteiger partial charge in [0.1, 0.15) is 16.3 Å². The van der Waals surface area contributed by atoms with Crippen LogP contribution in [-0.4, -0.2) is 32.2 Å². The molecule has 106 valence electrons. The van der Waals surface area contributed by atoms with Crippen LogP contribution in [0.25, 0.3) is 0 Å². The first-order valence-corrected chi connectivity index (χ1v) is 6.93. The lowest BCUT2D eigenvalue weighted by molar-refractivity contribution is -0.160. The van der Waals surface area contributed by atoms with Crippen molar-refractivity contribution in [1.29, 1.82) is 0 Å². The summed E-state index contributed by atoms with van der Waals surface area (Å²) in [5, 5.41) is 2.68. The molecule has 9 heteroatoms. The van der Waals surface area contributed by atoms with E-state index in [4.69, 9.17) is 0 Å². The van der Waals surface area contributed by atoms with Gasteiger partial charge in [-0.15, -0.1) is 0 Å². The molecule has 0 atom stereocenters. The first-order valence-electron chi connectivity index (χ1n) is 5.45. The summed E-state index contributed by atoms with van der Waals surface area (Å²) in [7, 11) is -2.63. The van der Waals surface area contributed by atoms with Crippen molar-refractivity contribution in [2.45, 2.75) is 29.5 Å². The number of hydrogen-bond donors (Lipinski definition) is 2. The van der Waals surface area contributed by atoms with E-state index in [9.17, 15) is 21.6 Å². The quantitative estimate of drug-likeness (QED) is 0.883. The van der Waals surface area contributed by atoms with Gasteiger partial charge >= 0.3 is 6.18 Å². The van der Waals surface area contributed by atoms with Gasteiger partial charge in [0.15, 0.2) is 0 Å². The lowest BCUT2D eigenvalue weighted by Gasteiger charge is -2.20. The molecule has 1 aromatic rings. The Hall–Kier alpha value is -1.35.